The maximum absolute atomic E-state index is 12.4. The highest BCUT2D eigenvalue weighted by molar-refractivity contribution is 5.98. The Morgan fingerprint density at radius 2 is 1.83 bits per heavy atom. The molecule has 0 heterocycles. The van der Waals surface area contributed by atoms with Crippen LogP contribution in [-0.4, -0.2) is 25.4 Å². The zero-order chi connectivity index (χ0) is 21.3. The van der Waals surface area contributed by atoms with Gasteiger partial charge in [-0.05, 0) is 60.6 Å². The van der Waals surface area contributed by atoms with E-state index in [0.29, 0.717) is 30.2 Å². The number of benzene rings is 2. The second kappa shape index (κ2) is 10.8. The van der Waals surface area contributed by atoms with Gasteiger partial charge in [0.15, 0.2) is 17.3 Å². The summed E-state index contributed by atoms with van der Waals surface area (Å²) in [6.07, 6.45) is 5.77. The summed E-state index contributed by atoms with van der Waals surface area (Å²) < 4.78 is 11.1. The molecule has 0 bridgehead atoms. The van der Waals surface area contributed by atoms with E-state index < -0.39 is 0 Å². The Balaban J connectivity index is 1.46. The smallest absolute Gasteiger partial charge is 0.220 e. The van der Waals surface area contributed by atoms with E-state index in [1.165, 1.54) is 11.1 Å². The summed E-state index contributed by atoms with van der Waals surface area (Å²) in [5, 5.41) is 2.88. The standard InChI is InChI=1S/C25H31NO4/c1-3-4-14-30-23-12-8-18(15-24(23)29-2)17-26-25(28)13-11-22(27)21-10-9-19-6-5-7-20(19)16-21/h8-10,12,15-16H,3-7,11,13-14,17H2,1-2H3,(H,26,28). The summed E-state index contributed by atoms with van der Waals surface area (Å²) in [4.78, 5) is 24.7. The number of carbonyl (C=O) groups is 2. The van der Waals surface area contributed by atoms with Crippen LogP contribution < -0.4 is 14.8 Å². The van der Waals surface area contributed by atoms with Crippen molar-refractivity contribution in [2.45, 2.75) is 58.4 Å². The predicted molar refractivity (Wildman–Crippen MR) is 117 cm³/mol. The van der Waals surface area contributed by atoms with Gasteiger partial charge in [0.1, 0.15) is 0 Å². The first-order valence-electron chi connectivity index (χ1n) is 10.8. The summed E-state index contributed by atoms with van der Waals surface area (Å²) in [5.74, 6) is 1.26. The van der Waals surface area contributed by atoms with E-state index in [1.54, 1.807) is 7.11 Å². The summed E-state index contributed by atoms with van der Waals surface area (Å²) in [7, 11) is 1.61. The third-order valence-electron chi connectivity index (χ3n) is 5.47. The SMILES string of the molecule is CCCCOc1ccc(CNC(=O)CCC(=O)c2ccc3c(c2)CCC3)cc1OC. The largest absolute Gasteiger partial charge is 0.493 e. The number of hydrogen-bond donors (Lipinski definition) is 1. The summed E-state index contributed by atoms with van der Waals surface area (Å²) in [5.41, 5.74) is 4.27. The Morgan fingerprint density at radius 1 is 1.00 bits per heavy atom. The van der Waals surface area contributed by atoms with Gasteiger partial charge in [-0.15, -0.1) is 0 Å². The number of aryl methyl sites for hydroxylation is 2. The van der Waals surface area contributed by atoms with E-state index in [1.807, 2.05) is 30.3 Å². The molecule has 30 heavy (non-hydrogen) atoms. The summed E-state index contributed by atoms with van der Waals surface area (Å²) >= 11 is 0. The third-order valence-corrected chi connectivity index (χ3v) is 5.47. The number of Topliss-reactive ketones (excluding diaryl/α,β-unsaturated/α-hetero) is 1. The molecule has 0 spiro atoms. The number of hydrogen-bond acceptors (Lipinski definition) is 4. The van der Waals surface area contributed by atoms with Crippen molar-refractivity contribution in [2.75, 3.05) is 13.7 Å². The maximum atomic E-state index is 12.4. The van der Waals surface area contributed by atoms with Crippen LogP contribution in [0.3, 0.4) is 0 Å². The van der Waals surface area contributed by atoms with Gasteiger partial charge >= 0.3 is 0 Å². The number of ether oxygens (including phenoxy) is 2. The van der Waals surface area contributed by atoms with Gasteiger partial charge in [-0.1, -0.05) is 31.5 Å². The predicted octanol–water partition coefficient (Wildman–Crippen LogP) is 4.64. The Hall–Kier alpha value is -2.82. The number of rotatable bonds is 11. The monoisotopic (exact) mass is 409 g/mol. The minimum Gasteiger partial charge on any atom is -0.493 e. The van der Waals surface area contributed by atoms with Crippen LogP contribution in [0.1, 0.15) is 66.1 Å². The van der Waals surface area contributed by atoms with E-state index >= 15 is 0 Å². The number of amides is 1. The number of unbranched alkanes of at least 4 members (excludes halogenated alkanes) is 1. The Morgan fingerprint density at radius 3 is 2.63 bits per heavy atom. The summed E-state index contributed by atoms with van der Waals surface area (Å²) in [6.45, 7) is 3.16. The molecular formula is C25H31NO4. The highest BCUT2D eigenvalue weighted by Gasteiger charge is 2.15. The van der Waals surface area contributed by atoms with Gasteiger partial charge in [0.05, 0.1) is 13.7 Å². The van der Waals surface area contributed by atoms with Crippen molar-refractivity contribution >= 4 is 11.7 Å². The fraction of sp³-hybridized carbons (Fsp3) is 0.440. The Bertz CT molecular complexity index is 891. The van der Waals surface area contributed by atoms with Crippen LogP contribution in [-0.2, 0) is 24.2 Å². The molecule has 5 nitrogen and oxygen atoms in total. The molecule has 0 radical (unpaired) electrons. The number of nitrogens with one attached hydrogen (secondary N) is 1. The molecule has 1 aliphatic rings. The van der Waals surface area contributed by atoms with Gasteiger partial charge in [-0.3, -0.25) is 9.59 Å². The fourth-order valence-electron chi connectivity index (χ4n) is 3.67. The van der Waals surface area contributed by atoms with E-state index in [2.05, 4.69) is 18.3 Å². The zero-order valence-electron chi connectivity index (χ0n) is 18.0. The third kappa shape index (κ3) is 5.85. The minimum absolute atomic E-state index is 0.0232. The van der Waals surface area contributed by atoms with Gasteiger partial charge in [0, 0.05) is 24.9 Å². The minimum atomic E-state index is -0.133. The normalized spacial score (nSPS) is 12.3. The lowest BCUT2D eigenvalue weighted by Crippen LogP contribution is -2.23. The topological polar surface area (TPSA) is 64.6 Å². The van der Waals surface area contributed by atoms with Gasteiger partial charge in [0.25, 0.3) is 0 Å². The van der Waals surface area contributed by atoms with Crippen molar-refractivity contribution in [1.82, 2.24) is 5.32 Å². The molecule has 1 aliphatic carbocycles. The van der Waals surface area contributed by atoms with E-state index in [-0.39, 0.29) is 24.5 Å². The average Bonchev–Trinajstić information content (AvgIpc) is 3.24. The molecule has 0 atom stereocenters. The van der Waals surface area contributed by atoms with E-state index in [4.69, 9.17) is 9.47 Å². The van der Waals surface area contributed by atoms with Crippen molar-refractivity contribution < 1.29 is 19.1 Å². The number of fused-ring (bicyclic) bond motifs is 1. The molecule has 1 N–H and O–H groups in total. The van der Waals surface area contributed by atoms with Crippen LogP contribution in [0.5, 0.6) is 11.5 Å². The number of ketones is 1. The first kappa shape index (κ1) is 21.9. The molecule has 3 rings (SSSR count). The van der Waals surface area contributed by atoms with Crippen LogP contribution in [0.2, 0.25) is 0 Å². The van der Waals surface area contributed by atoms with Crippen molar-refractivity contribution in [1.29, 1.82) is 0 Å². The van der Waals surface area contributed by atoms with Crippen molar-refractivity contribution in [2.24, 2.45) is 0 Å². The van der Waals surface area contributed by atoms with Gasteiger partial charge in [-0.2, -0.15) is 0 Å². The molecule has 5 heteroatoms. The quantitative estimate of drug-likeness (QED) is 0.434. The highest BCUT2D eigenvalue weighted by Crippen LogP contribution is 2.28. The molecule has 1 amide bonds. The molecule has 0 saturated heterocycles. The first-order chi connectivity index (χ1) is 14.6. The van der Waals surface area contributed by atoms with E-state index in [0.717, 1.165) is 37.7 Å². The van der Waals surface area contributed by atoms with Crippen molar-refractivity contribution in [3.05, 3.63) is 58.7 Å². The second-order valence-electron chi connectivity index (χ2n) is 7.72. The second-order valence-corrected chi connectivity index (χ2v) is 7.72. The van der Waals surface area contributed by atoms with E-state index in [9.17, 15) is 9.59 Å². The lowest BCUT2D eigenvalue weighted by molar-refractivity contribution is -0.121. The lowest BCUT2D eigenvalue weighted by atomic mass is 10.0. The molecule has 0 fully saturated rings. The molecule has 0 unspecified atom stereocenters. The van der Waals surface area contributed by atoms with Crippen LogP contribution >= 0.6 is 0 Å². The molecule has 0 aromatic heterocycles. The van der Waals surface area contributed by atoms with Gasteiger partial charge in [0.2, 0.25) is 5.91 Å². The Labute approximate surface area is 178 Å². The lowest BCUT2D eigenvalue weighted by Gasteiger charge is -2.12. The van der Waals surface area contributed by atoms with Crippen molar-refractivity contribution in [3.63, 3.8) is 0 Å². The van der Waals surface area contributed by atoms with Crippen LogP contribution in [0.15, 0.2) is 36.4 Å². The van der Waals surface area contributed by atoms with Crippen LogP contribution in [0, 0.1) is 0 Å². The number of carbonyl (C=O) groups excluding carboxylic acids is 2. The molecule has 0 aliphatic heterocycles. The zero-order valence-corrected chi connectivity index (χ0v) is 18.0. The molecule has 2 aromatic rings. The molecule has 2 aromatic carbocycles. The van der Waals surface area contributed by atoms with Gasteiger partial charge in [-0.25, -0.2) is 0 Å². The maximum Gasteiger partial charge on any atom is 0.220 e. The van der Waals surface area contributed by atoms with Crippen LogP contribution in [0.25, 0.3) is 0 Å². The molecular weight excluding hydrogens is 378 g/mol. The number of methoxy groups -OCH3 is 1. The molecule has 0 saturated carbocycles. The summed E-state index contributed by atoms with van der Waals surface area (Å²) in [6, 6.07) is 11.6. The highest BCUT2D eigenvalue weighted by atomic mass is 16.5. The first-order valence-corrected chi connectivity index (χ1v) is 10.8. The average molecular weight is 410 g/mol. The van der Waals surface area contributed by atoms with Crippen LogP contribution in [0.4, 0.5) is 0 Å². The van der Waals surface area contributed by atoms with Gasteiger partial charge < -0.3 is 14.8 Å². The van der Waals surface area contributed by atoms with Crippen molar-refractivity contribution in [3.8, 4) is 11.5 Å². The Kier molecular flexibility index (Phi) is 7.89. The molecule has 160 valence electrons. The fourth-order valence-corrected chi connectivity index (χ4v) is 3.67.